The zero-order valence-corrected chi connectivity index (χ0v) is 17.6. The summed E-state index contributed by atoms with van der Waals surface area (Å²) in [4.78, 5) is 6.22. The quantitative estimate of drug-likeness (QED) is 0.742. The number of halogens is 3. The molecule has 2 aliphatic rings. The minimum absolute atomic E-state index is 0.0316. The van der Waals surface area contributed by atoms with Crippen molar-refractivity contribution in [2.75, 3.05) is 30.4 Å². The van der Waals surface area contributed by atoms with Crippen LogP contribution in [0, 0.1) is 6.92 Å². The second-order valence-corrected chi connectivity index (χ2v) is 8.33. The van der Waals surface area contributed by atoms with Crippen molar-refractivity contribution in [3.63, 3.8) is 0 Å². The van der Waals surface area contributed by atoms with Gasteiger partial charge < -0.3 is 20.3 Å². The summed E-state index contributed by atoms with van der Waals surface area (Å²) < 4.78 is 47.8. The Hall–Kier alpha value is -2.48. The smallest absolute Gasteiger partial charge is 0.418 e. The molecule has 5 nitrogen and oxygen atoms in total. The Bertz CT molecular complexity index is 945. The SMILES string of the molecule is Cc1ccc(Nc2cc3c(c(C(F)(F)F)c2)N(C)[C@H]2CCNC[C@@H]32)c(OC(C)C)n1. The van der Waals surface area contributed by atoms with Crippen LogP contribution in [-0.2, 0) is 6.18 Å². The lowest BCUT2D eigenvalue weighted by atomic mass is 9.89. The van der Waals surface area contributed by atoms with Gasteiger partial charge in [0, 0.05) is 36.9 Å². The number of anilines is 3. The van der Waals surface area contributed by atoms with Crippen LogP contribution in [0.2, 0.25) is 0 Å². The van der Waals surface area contributed by atoms with Gasteiger partial charge in [-0.3, -0.25) is 0 Å². The fourth-order valence-electron chi connectivity index (χ4n) is 4.51. The molecule has 30 heavy (non-hydrogen) atoms. The molecule has 0 radical (unpaired) electrons. The highest BCUT2D eigenvalue weighted by Crippen LogP contribution is 2.50. The van der Waals surface area contributed by atoms with Crippen LogP contribution in [0.15, 0.2) is 24.3 Å². The van der Waals surface area contributed by atoms with Crippen LogP contribution < -0.4 is 20.3 Å². The fraction of sp³-hybridized carbons (Fsp3) is 0.500. The first-order chi connectivity index (χ1) is 14.1. The lowest BCUT2D eigenvalue weighted by molar-refractivity contribution is -0.137. The summed E-state index contributed by atoms with van der Waals surface area (Å²) in [7, 11) is 1.77. The predicted octanol–water partition coefficient (Wildman–Crippen LogP) is 4.83. The highest BCUT2D eigenvalue weighted by molar-refractivity contribution is 5.75. The molecule has 2 atom stereocenters. The van der Waals surface area contributed by atoms with Crippen molar-refractivity contribution in [3.05, 3.63) is 41.1 Å². The van der Waals surface area contributed by atoms with Gasteiger partial charge in [0.15, 0.2) is 0 Å². The van der Waals surface area contributed by atoms with E-state index in [9.17, 15) is 13.2 Å². The number of nitrogens with one attached hydrogen (secondary N) is 2. The van der Waals surface area contributed by atoms with Crippen LogP contribution in [0.1, 0.15) is 43.0 Å². The first-order valence-corrected chi connectivity index (χ1v) is 10.2. The molecule has 8 heteroatoms. The number of nitrogens with zero attached hydrogens (tertiary/aromatic N) is 2. The number of alkyl halides is 3. The third kappa shape index (κ3) is 3.80. The van der Waals surface area contributed by atoms with Gasteiger partial charge in [-0.15, -0.1) is 0 Å². The Kier molecular flexibility index (Phi) is 5.30. The molecular weight excluding hydrogens is 393 g/mol. The zero-order chi connectivity index (χ0) is 21.6. The van der Waals surface area contributed by atoms with Gasteiger partial charge in [-0.1, -0.05) is 0 Å². The highest BCUT2D eigenvalue weighted by Gasteiger charge is 2.45. The van der Waals surface area contributed by atoms with Gasteiger partial charge in [-0.2, -0.15) is 13.2 Å². The molecule has 4 rings (SSSR count). The van der Waals surface area contributed by atoms with Crippen molar-refractivity contribution in [1.29, 1.82) is 0 Å². The predicted molar refractivity (Wildman–Crippen MR) is 112 cm³/mol. The number of rotatable bonds is 4. The lowest BCUT2D eigenvalue weighted by Crippen LogP contribution is -2.42. The summed E-state index contributed by atoms with van der Waals surface area (Å²) in [6, 6.07) is 6.72. The van der Waals surface area contributed by atoms with E-state index in [4.69, 9.17) is 4.74 Å². The molecule has 0 unspecified atom stereocenters. The van der Waals surface area contributed by atoms with E-state index >= 15 is 0 Å². The van der Waals surface area contributed by atoms with Crippen molar-refractivity contribution in [2.24, 2.45) is 0 Å². The summed E-state index contributed by atoms with van der Waals surface area (Å²) in [5.41, 5.74) is 2.14. The van der Waals surface area contributed by atoms with E-state index in [0.29, 0.717) is 29.5 Å². The highest BCUT2D eigenvalue weighted by atomic mass is 19.4. The fourth-order valence-corrected chi connectivity index (χ4v) is 4.51. The van der Waals surface area contributed by atoms with Crippen molar-refractivity contribution in [3.8, 4) is 5.88 Å². The summed E-state index contributed by atoms with van der Waals surface area (Å²) in [5, 5.41) is 6.45. The van der Waals surface area contributed by atoms with Crippen LogP contribution in [0.3, 0.4) is 0 Å². The molecule has 2 aromatic rings. The molecule has 0 amide bonds. The average molecular weight is 420 g/mol. The van der Waals surface area contributed by atoms with E-state index < -0.39 is 11.7 Å². The van der Waals surface area contributed by atoms with E-state index in [1.54, 1.807) is 13.1 Å². The molecule has 0 aliphatic carbocycles. The molecule has 3 heterocycles. The first kappa shape index (κ1) is 20.8. The Morgan fingerprint density at radius 2 is 2.03 bits per heavy atom. The zero-order valence-electron chi connectivity index (χ0n) is 17.6. The Labute approximate surface area is 174 Å². The topological polar surface area (TPSA) is 49.4 Å². The number of pyridine rings is 1. The summed E-state index contributed by atoms with van der Waals surface area (Å²) >= 11 is 0. The van der Waals surface area contributed by atoms with Crippen LogP contribution in [0.4, 0.5) is 30.2 Å². The van der Waals surface area contributed by atoms with Gasteiger partial charge in [-0.25, -0.2) is 4.98 Å². The van der Waals surface area contributed by atoms with Crippen LogP contribution in [-0.4, -0.2) is 37.3 Å². The monoisotopic (exact) mass is 420 g/mol. The van der Waals surface area contributed by atoms with E-state index in [1.165, 1.54) is 6.07 Å². The number of ether oxygens (including phenoxy) is 1. The molecule has 1 fully saturated rings. The molecule has 1 saturated heterocycles. The van der Waals surface area contributed by atoms with Gasteiger partial charge in [0.05, 0.1) is 17.4 Å². The molecule has 162 valence electrons. The molecule has 1 aromatic heterocycles. The van der Waals surface area contributed by atoms with Crippen LogP contribution in [0.25, 0.3) is 0 Å². The Morgan fingerprint density at radius 1 is 1.27 bits per heavy atom. The second kappa shape index (κ2) is 7.65. The lowest BCUT2D eigenvalue weighted by Gasteiger charge is -2.31. The molecule has 2 aliphatic heterocycles. The Balaban J connectivity index is 1.78. The first-order valence-electron chi connectivity index (χ1n) is 10.2. The van der Waals surface area contributed by atoms with E-state index in [-0.39, 0.29) is 18.1 Å². The van der Waals surface area contributed by atoms with Gasteiger partial charge in [0.25, 0.3) is 0 Å². The van der Waals surface area contributed by atoms with Crippen molar-refractivity contribution < 1.29 is 17.9 Å². The number of aryl methyl sites for hydroxylation is 1. The van der Waals surface area contributed by atoms with Crippen molar-refractivity contribution >= 4 is 17.1 Å². The number of hydrogen-bond donors (Lipinski definition) is 2. The standard InChI is InChI=1S/C22H27F3N4O/c1-12(2)30-21-18(6-5-13(3)27-21)28-14-9-15-16-11-26-8-7-19(16)29(4)20(15)17(10-14)22(23,24)25/h5-6,9-10,12,16,19,26,28H,7-8,11H2,1-4H3/t16-,19-/m0/s1. The van der Waals surface area contributed by atoms with Gasteiger partial charge in [0.2, 0.25) is 5.88 Å². The number of benzene rings is 1. The van der Waals surface area contributed by atoms with Gasteiger partial charge in [-0.05, 0) is 63.6 Å². The Morgan fingerprint density at radius 3 is 2.73 bits per heavy atom. The summed E-state index contributed by atoms with van der Waals surface area (Å²) in [5.74, 6) is 0.414. The van der Waals surface area contributed by atoms with Crippen molar-refractivity contribution in [1.82, 2.24) is 10.3 Å². The van der Waals surface area contributed by atoms with Crippen LogP contribution in [0.5, 0.6) is 5.88 Å². The van der Waals surface area contributed by atoms with Gasteiger partial charge >= 0.3 is 6.18 Å². The van der Waals surface area contributed by atoms with E-state index in [0.717, 1.165) is 24.2 Å². The largest absolute Gasteiger partial charge is 0.473 e. The normalized spacial score (nSPS) is 20.9. The average Bonchev–Trinajstić information content (AvgIpc) is 2.95. The maximum Gasteiger partial charge on any atom is 0.418 e. The third-order valence-corrected chi connectivity index (χ3v) is 5.77. The molecule has 0 saturated carbocycles. The molecule has 1 aromatic carbocycles. The molecular formula is C22H27F3N4O. The minimum Gasteiger partial charge on any atom is -0.473 e. The number of fused-ring (bicyclic) bond motifs is 3. The van der Waals surface area contributed by atoms with E-state index in [1.807, 2.05) is 37.8 Å². The minimum atomic E-state index is -4.44. The summed E-state index contributed by atoms with van der Waals surface area (Å²) in [6.07, 6.45) is -3.72. The number of aromatic nitrogens is 1. The summed E-state index contributed by atoms with van der Waals surface area (Å²) in [6.45, 7) is 7.11. The second-order valence-electron chi connectivity index (χ2n) is 8.33. The maximum atomic E-state index is 14.0. The third-order valence-electron chi connectivity index (χ3n) is 5.77. The van der Waals surface area contributed by atoms with Gasteiger partial charge in [0.1, 0.15) is 5.69 Å². The maximum absolute atomic E-state index is 14.0. The number of piperidine rings is 1. The van der Waals surface area contributed by atoms with Crippen molar-refractivity contribution in [2.45, 2.75) is 51.4 Å². The molecule has 0 spiro atoms. The number of hydrogen-bond acceptors (Lipinski definition) is 5. The van der Waals surface area contributed by atoms with E-state index in [2.05, 4.69) is 15.6 Å². The molecule has 2 N–H and O–H groups in total. The molecule has 0 bridgehead atoms. The number of likely N-dealkylation sites (N-methyl/N-ethyl adjacent to an activating group) is 1. The van der Waals surface area contributed by atoms with Crippen LogP contribution >= 0.6 is 0 Å².